The molecule has 0 bridgehead atoms. The standard InChI is InChI=1S/C24H21N/c1-3-9-19(10-4-1)17-20-14-15-22(18-20)24(21-11-5-2-6-12-21)23-13-7-8-16-25-23/h1-14,16,18,24H,15,17H2. The molecular formula is C24H21N. The maximum Gasteiger partial charge on any atom is 0.0519 e. The first-order valence-electron chi connectivity index (χ1n) is 8.79. The smallest absolute Gasteiger partial charge is 0.0519 e. The molecular weight excluding hydrogens is 302 g/mol. The topological polar surface area (TPSA) is 12.9 Å². The lowest BCUT2D eigenvalue weighted by molar-refractivity contribution is 0.875. The molecule has 1 aliphatic rings. The summed E-state index contributed by atoms with van der Waals surface area (Å²) in [5, 5.41) is 0. The van der Waals surface area contributed by atoms with E-state index in [9.17, 15) is 0 Å². The van der Waals surface area contributed by atoms with Gasteiger partial charge in [-0.1, -0.05) is 84.5 Å². The average Bonchev–Trinajstić information content (AvgIpc) is 3.12. The normalized spacial score (nSPS) is 14.7. The first-order chi connectivity index (χ1) is 12.4. The van der Waals surface area contributed by atoms with Gasteiger partial charge in [0.2, 0.25) is 0 Å². The van der Waals surface area contributed by atoms with Gasteiger partial charge >= 0.3 is 0 Å². The highest BCUT2D eigenvalue weighted by Gasteiger charge is 2.22. The summed E-state index contributed by atoms with van der Waals surface area (Å²) in [5.41, 5.74) is 6.62. The lowest BCUT2D eigenvalue weighted by Crippen LogP contribution is -2.05. The van der Waals surface area contributed by atoms with E-state index in [1.54, 1.807) is 0 Å². The summed E-state index contributed by atoms with van der Waals surface area (Å²) in [6.07, 6.45) is 8.62. The number of allylic oxidation sites excluding steroid dienone is 4. The molecule has 25 heavy (non-hydrogen) atoms. The molecule has 1 aliphatic carbocycles. The summed E-state index contributed by atoms with van der Waals surface area (Å²) < 4.78 is 0. The van der Waals surface area contributed by atoms with Gasteiger partial charge in [-0.2, -0.15) is 0 Å². The van der Waals surface area contributed by atoms with Gasteiger partial charge in [-0.25, -0.2) is 0 Å². The maximum atomic E-state index is 4.65. The lowest BCUT2D eigenvalue weighted by Gasteiger charge is -2.18. The van der Waals surface area contributed by atoms with Crippen molar-refractivity contribution in [2.75, 3.05) is 0 Å². The van der Waals surface area contributed by atoms with Gasteiger partial charge in [0, 0.05) is 12.1 Å². The van der Waals surface area contributed by atoms with Gasteiger partial charge in [0.25, 0.3) is 0 Å². The molecule has 1 unspecified atom stereocenters. The minimum absolute atomic E-state index is 0.229. The van der Waals surface area contributed by atoms with Crippen LogP contribution in [0.4, 0.5) is 0 Å². The van der Waals surface area contributed by atoms with Crippen LogP contribution < -0.4 is 0 Å². The average molecular weight is 323 g/mol. The van der Waals surface area contributed by atoms with Gasteiger partial charge in [0.15, 0.2) is 0 Å². The Balaban J connectivity index is 1.64. The first kappa shape index (κ1) is 15.6. The van der Waals surface area contributed by atoms with Crippen molar-refractivity contribution in [2.24, 2.45) is 0 Å². The van der Waals surface area contributed by atoms with Crippen LogP contribution in [0.25, 0.3) is 0 Å². The molecule has 2 aromatic carbocycles. The van der Waals surface area contributed by atoms with E-state index in [1.807, 2.05) is 12.3 Å². The van der Waals surface area contributed by atoms with Crippen molar-refractivity contribution in [3.05, 3.63) is 125 Å². The van der Waals surface area contributed by atoms with Crippen molar-refractivity contribution < 1.29 is 0 Å². The van der Waals surface area contributed by atoms with E-state index >= 15 is 0 Å². The Bertz CT molecular complexity index is 838. The first-order valence-corrected chi connectivity index (χ1v) is 8.79. The fourth-order valence-electron chi connectivity index (χ4n) is 3.53. The molecule has 122 valence electrons. The third-order valence-corrected chi connectivity index (χ3v) is 4.71. The Morgan fingerprint density at radius 1 is 0.800 bits per heavy atom. The molecule has 0 aliphatic heterocycles. The minimum atomic E-state index is 0.229. The number of benzene rings is 2. The van der Waals surface area contributed by atoms with Crippen LogP contribution in [0.3, 0.4) is 0 Å². The zero-order valence-electron chi connectivity index (χ0n) is 14.2. The second kappa shape index (κ2) is 7.31. The minimum Gasteiger partial charge on any atom is -0.260 e. The molecule has 1 aromatic heterocycles. The molecule has 1 atom stereocenters. The van der Waals surface area contributed by atoms with Crippen LogP contribution in [0.15, 0.2) is 108 Å². The highest BCUT2D eigenvalue weighted by Crippen LogP contribution is 2.36. The third-order valence-electron chi connectivity index (χ3n) is 4.71. The second-order valence-corrected chi connectivity index (χ2v) is 6.46. The van der Waals surface area contributed by atoms with Crippen LogP contribution in [0.5, 0.6) is 0 Å². The third kappa shape index (κ3) is 3.61. The van der Waals surface area contributed by atoms with Gasteiger partial charge in [0.05, 0.1) is 5.69 Å². The van der Waals surface area contributed by atoms with Gasteiger partial charge in [0.1, 0.15) is 0 Å². The molecule has 0 saturated carbocycles. The lowest BCUT2D eigenvalue weighted by atomic mass is 9.87. The summed E-state index contributed by atoms with van der Waals surface area (Å²) in [6, 6.07) is 27.6. The predicted molar refractivity (Wildman–Crippen MR) is 103 cm³/mol. The Kier molecular flexibility index (Phi) is 4.56. The van der Waals surface area contributed by atoms with E-state index in [1.165, 1.54) is 22.3 Å². The van der Waals surface area contributed by atoms with Crippen molar-refractivity contribution in [1.29, 1.82) is 0 Å². The van der Waals surface area contributed by atoms with Gasteiger partial charge in [-0.05, 0) is 41.7 Å². The molecule has 0 fully saturated rings. The largest absolute Gasteiger partial charge is 0.260 e. The van der Waals surface area contributed by atoms with E-state index in [-0.39, 0.29) is 5.92 Å². The van der Waals surface area contributed by atoms with Crippen molar-refractivity contribution in [3.8, 4) is 0 Å². The fraction of sp³-hybridized carbons (Fsp3) is 0.125. The Labute approximate surface area is 149 Å². The molecule has 0 radical (unpaired) electrons. The summed E-state index contributed by atoms with van der Waals surface area (Å²) in [4.78, 5) is 4.65. The Morgan fingerprint density at radius 2 is 1.52 bits per heavy atom. The van der Waals surface area contributed by atoms with Crippen LogP contribution in [0, 0.1) is 0 Å². The SMILES string of the molecule is C1=C(Cc2ccccc2)C=C(C(c2ccccc2)c2ccccn2)C1. The summed E-state index contributed by atoms with van der Waals surface area (Å²) >= 11 is 0. The van der Waals surface area contributed by atoms with E-state index in [4.69, 9.17) is 0 Å². The summed E-state index contributed by atoms with van der Waals surface area (Å²) in [7, 11) is 0. The molecule has 0 amide bonds. The van der Waals surface area contributed by atoms with E-state index in [2.05, 4.69) is 89.9 Å². The molecule has 0 saturated heterocycles. The number of nitrogens with zero attached hydrogens (tertiary/aromatic N) is 1. The van der Waals surface area contributed by atoms with Gasteiger partial charge in [-0.3, -0.25) is 4.98 Å². The zero-order valence-corrected chi connectivity index (χ0v) is 14.2. The Hall–Kier alpha value is -2.93. The number of pyridine rings is 1. The van der Waals surface area contributed by atoms with Gasteiger partial charge in [-0.15, -0.1) is 0 Å². The molecule has 1 heterocycles. The second-order valence-electron chi connectivity index (χ2n) is 6.46. The summed E-state index contributed by atoms with van der Waals surface area (Å²) in [5.74, 6) is 0.229. The van der Waals surface area contributed by atoms with Crippen molar-refractivity contribution in [3.63, 3.8) is 0 Å². The quantitative estimate of drug-likeness (QED) is 0.586. The van der Waals surface area contributed by atoms with Crippen molar-refractivity contribution in [2.45, 2.75) is 18.8 Å². The van der Waals surface area contributed by atoms with E-state index in [0.29, 0.717) is 0 Å². The van der Waals surface area contributed by atoms with Gasteiger partial charge < -0.3 is 0 Å². The van der Waals surface area contributed by atoms with E-state index in [0.717, 1.165) is 18.5 Å². The molecule has 4 rings (SSSR count). The van der Waals surface area contributed by atoms with E-state index < -0.39 is 0 Å². The fourth-order valence-corrected chi connectivity index (χ4v) is 3.53. The molecule has 0 N–H and O–H groups in total. The molecule has 1 nitrogen and oxygen atoms in total. The van der Waals surface area contributed by atoms with Crippen LogP contribution >= 0.6 is 0 Å². The number of hydrogen-bond acceptors (Lipinski definition) is 1. The monoisotopic (exact) mass is 323 g/mol. The highest BCUT2D eigenvalue weighted by molar-refractivity contribution is 5.46. The Morgan fingerprint density at radius 3 is 2.24 bits per heavy atom. The van der Waals surface area contributed by atoms with Crippen LogP contribution in [-0.2, 0) is 6.42 Å². The van der Waals surface area contributed by atoms with Crippen molar-refractivity contribution >= 4 is 0 Å². The number of hydrogen-bond donors (Lipinski definition) is 0. The molecule has 1 heteroatoms. The maximum absolute atomic E-state index is 4.65. The van der Waals surface area contributed by atoms with Crippen LogP contribution in [0.1, 0.15) is 29.2 Å². The number of rotatable bonds is 5. The number of aromatic nitrogens is 1. The van der Waals surface area contributed by atoms with Crippen molar-refractivity contribution in [1.82, 2.24) is 4.98 Å². The molecule has 3 aromatic rings. The molecule has 0 spiro atoms. The predicted octanol–water partition coefficient (Wildman–Crippen LogP) is 5.71. The summed E-state index contributed by atoms with van der Waals surface area (Å²) in [6.45, 7) is 0. The highest BCUT2D eigenvalue weighted by atomic mass is 14.7. The zero-order chi connectivity index (χ0) is 16.9. The van der Waals surface area contributed by atoms with Crippen LogP contribution in [0.2, 0.25) is 0 Å². The van der Waals surface area contributed by atoms with Crippen LogP contribution in [-0.4, -0.2) is 4.98 Å².